The first kappa shape index (κ1) is 13.5. The third-order valence-corrected chi connectivity index (χ3v) is 3.17. The fraction of sp³-hybridized carbons (Fsp3) is 0.333. The third kappa shape index (κ3) is 4.03. The van der Waals surface area contributed by atoms with E-state index in [1.54, 1.807) is 0 Å². The molecule has 0 bridgehead atoms. The fourth-order valence-corrected chi connectivity index (χ4v) is 2.10. The molecule has 0 aliphatic heterocycles. The maximum absolute atomic E-state index is 3.31. The van der Waals surface area contributed by atoms with Gasteiger partial charge in [0, 0.05) is 24.4 Å². The summed E-state index contributed by atoms with van der Waals surface area (Å²) in [5.74, 6) is 6.61. The number of hydrogen-bond acceptors (Lipinski definition) is 0. The Labute approximate surface area is 116 Å². The number of unbranched alkanes of at least 4 members (excludes halogenated alkanes) is 4. The second kappa shape index (κ2) is 7.48. The molecule has 0 aliphatic rings. The van der Waals surface area contributed by atoms with Gasteiger partial charge >= 0.3 is 0 Å². The molecule has 0 spiro atoms. The maximum Gasteiger partial charge on any atom is 0.0606 e. The number of para-hydroxylation sites is 1. The molecular formula is C18H21N. The van der Waals surface area contributed by atoms with Crippen molar-refractivity contribution in [3.8, 4) is 17.5 Å². The van der Waals surface area contributed by atoms with Crippen molar-refractivity contribution in [1.29, 1.82) is 0 Å². The lowest BCUT2D eigenvalue weighted by atomic mass is 10.1. The van der Waals surface area contributed by atoms with Gasteiger partial charge in [-0.05, 0) is 30.7 Å². The molecule has 0 fully saturated rings. The normalized spacial score (nSPS) is 9.95. The summed E-state index contributed by atoms with van der Waals surface area (Å²) in [5.41, 5.74) is 2.27. The predicted molar refractivity (Wildman–Crippen MR) is 81.4 cm³/mol. The molecule has 0 saturated heterocycles. The molecular weight excluding hydrogens is 230 g/mol. The highest BCUT2D eigenvalue weighted by Crippen LogP contribution is 2.13. The van der Waals surface area contributed by atoms with Crippen molar-refractivity contribution >= 4 is 0 Å². The van der Waals surface area contributed by atoms with Crippen molar-refractivity contribution in [1.82, 2.24) is 4.57 Å². The van der Waals surface area contributed by atoms with Crippen molar-refractivity contribution in [2.24, 2.45) is 0 Å². The van der Waals surface area contributed by atoms with Crippen molar-refractivity contribution in [3.63, 3.8) is 0 Å². The van der Waals surface area contributed by atoms with Crippen molar-refractivity contribution in [2.45, 2.75) is 39.0 Å². The Morgan fingerprint density at radius 3 is 2.53 bits per heavy atom. The predicted octanol–water partition coefficient (Wildman–Crippen LogP) is 4.80. The molecule has 0 aliphatic carbocycles. The van der Waals surface area contributed by atoms with Crippen LogP contribution in [0.4, 0.5) is 0 Å². The van der Waals surface area contributed by atoms with E-state index in [1.807, 2.05) is 18.2 Å². The van der Waals surface area contributed by atoms with Gasteiger partial charge in [-0.25, -0.2) is 0 Å². The Morgan fingerprint density at radius 2 is 1.74 bits per heavy atom. The van der Waals surface area contributed by atoms with Crippen LogP contribution in [0.15, 0.2) is 48.8 Å². The topological polar surface area (TPSA) is 4.93 Å². The Kier molecular flexibility index (Phi) is 5.31. The van der Waals surface area contributed by atoms with Gasteiger partial charge in [-0.2, -0.15) is 0 Å². The van der Waals surface area contributed by atoms with E-state index in [0.717, 1.165) is 17.7 Å². The number of benzene rings is 1. The first-order valence-corrected chi connectivity index (χ1v) is 7.13. The summed E-state index contributed by atoms with van der Waals surface area (Å²) in [6, 6.07) is 12.4. The van der Waals surface area contributed by atoms with E-state index in [-0.39, 0.29) is 0 Å². The quantitative estimate of drug-likeness (QED) is 0.531. The van der Waals surface area contributed by atoms with Gasteiger partial charge in [-0.1, -0.05) is 50.2 Å². The Morgan fingerprint density at radius 1 is 0.947 bits per heavy atom. The second-order valence-corrected chi connectivity index (χ2v) is 4.72. The van der Waals surface area contributed by atoms with Gasteiger partial charge in [0.15, 0.2) is 0 Å². The number of aromatic nitrogens is 1. The number of hydrogen-bond donors (Lipinski definition) is 0. The lowest BCUT2D eigenvalue weighted by Gasteiger charge is -2.05. The van der Waals surface area contributed by atoms with E-state index in [0.29, 0.717) is 0 Å². The molecule has 0 atom stereocenters. The van der Waals surface area contributed by atoms with Crippen LogP contribution >= 0.6 is 0 Å². The molecule has 0 radical (unpaired) electrons. The van der Waals surface area contributed by atoms with Gasteiger partial charge in [0.05, 0.1) is 5.69 Å². The minimum atomic E-state index is 1.00. The molecule has 0 unspecified atom stereocenters. The SMILES string of the molecule is CCCCCCC#Cc1ccccc1-n1cccc1. The first-order chi connectivity index (χ1) is 9.42. The van der Waals surface area contributed by atoms with Crippen LogP contribution in [0.5, 0.6) is 0 Å². The van der Waals surface area contributed by atoms with Crippen LogP contribution in [0.3, 0.4) is 0 Å². The highest BCUT2D eigenvalue weighted by molar-refractivity contribution is 5.51. The van der Waals surface area contributed by atoms with Gasteiger partial charge in [-0.15, -0.1) is 0 Å². The van der Waals surface area contributed by atoms with E-state index in [9.17, 15) is 0 Å². The van der Waals surface area contributed by atoms with Crippen molar-refractivity contribution < 1.29 is 0 Å². The Balaban J connectivity index is 2.03. The fourth-order valence-electron chi connectivity index (χ4n) is 2.10. The highest BCUT2D eigenvalue weighted by atomic mass is 14.9. The smallest absolute Gasteiger partial charge is 0.0606 e. The van der Waals surface area contributed by atoms with Gasteiger partial charge in [-0.3, -0.25) is 0 Å². The molecule has 19 heavy (non-hydrogen) atoms. The van der Waals surface area contributed by atoms with E-state index < -0.39 is 0 Å². The maximum atomic E-state index is 3.31. The van der Waals surface area contributed by atoms with E-state index in [2.05, 4.69) is 53.9 Å². The van der Waals surface area contributed by atoms with Crippen LogP contribution in [-0.4, -0.2) is 4.57 Å². The van der Waals surface area contributed by atoms with Crippen LogP contribution in [-0.2, 0) is 0 Å². The molecule has 2 aromatic rings. The Hall–Kier alpha value is -1.94. The summed E-state index contributed by atoms with van der Waals surface area (Å²) in [4.78, 5) is 0. The second-order valence-electron chi connectivity index (χ2n) is 4.72. The minimum Gasteiger partial charge on any atom is -0.323 e. The van der Waals surface area contributed by atoms with E-state index in [4.69, 9.17) is 0 Å². The zero-order valence-corrected chi connectivity index (χ0v) is 11.6. The largest absolute Gasteiger partial charge is 0.323 e. The van der Waals surface area contributed by atoms with Crippen LogP contribution in [0, 0.1) is 11.8 Å². The van der Waals surface area contributed by atoms with Gasteiger partial charge in [0.1, 0.15) is 0 Å². The monoisotopic (exact) mass is 251 g/mol. The van der Waals surface area contributed by atoms with Crippen LogP contribution in [0.2, 0.25) is 0 Å². The van der Waals surface area contributed by atoms with Crippen LogP contribution in [0.25, 0.3) is 5.69 Å². The third-order valence-electron chi connectivity index (χ3n) is 3.17. The molecule has 0 amide bonds. The van der Waals surface area contributed by atoms with Gasteiger partial charge in [0.25, 0.3) is 0 Å². The summed E-state index contributed by atoms with van der Waals surface area (Å²) in [5, 5.41) is 0. The van der Waals surface area contributed by atoms with Gasteiger partial charge in [0.2, 0.25) is 0 Å². The lowest BCUT2D eigenvalue weighted by molar-refractivity contribution is 0.679. The molecule has 1 nitrogen and oxygen atoms in total. The molecule has 2 rings (SSSR count). The molecule has 1 aromatic carbocycles. The molecule has 0 N–H and O–H groups in total. The average molecular weight is 251 g/mol. The average Bonchev–Trinajstić information content (AvgIpc) is 2.97. The summed E-state index contributed by atoms with van der Waals surface area (Å²) >= 11 is 0. The van der Waals surface area contributed by atoms with E-state index >= 15 is 0 Å². The molecule has 1 aromatic heterocycles. The van der Waals surface area contributed by atoms with Crippen molar-refractivity contribution in [2.75, 3.05) is 0 Å². The van der Waals surface area contributed by atoms with Gasteiger partial charge < -0.3 is 4.57 Å². The molecule has 1 heterocycles. The Bertz CT molecular complexity index is 541. The van der Waals surface area contributed by atoms with Crippen LogP contribution < -0.4 is 0 Å². The summed E-state index contributed by atoms with van der Waals surface area (Å²) in [6.07, 6.45) is 10.2. The zero-order chi connectivity index (χ0) is 13.3. The standard InChI is InChI=1S/C18H21N/c1-2-3-4-5-6-7-12-17-13-8-9-14-18(17)19-15-10-11-16-19/h8-11,13-16H,2-6H2,1H3. The molecule has 0 saturated carbocycles. The van der Waals surface area contributed by atoms with E-state index in [1.165, 1.54) is 25.7 Å². The van der Waals surface area contributed by atoms with Crippen LogP contribution in [0.1, 0.15) is 44.6 Å². The molecule has 1 heteroatoms. The number of rotatable bonds is 5. The minimum absolute atomic E-state index is 1.00. The van der Waals surface area contributed by atoms with Crippen molar-refractivity contribution in [3.05, 3.63) is 54.4 Å². The highest BCUT2D eigenvalue weighted by Gasteiger charge is 1.99. The molecule has 98 valence electrons. The summed E-state index contributed by atoms with van der Waals surface area (Å²) in [7, 11) is 0. The summed E-state index contributed by atoms with van der Waals surface area (Å²) < 4.78 is 2.11. The zero-order valence-electron chi connectivity index (χ0n) is 11.6. The first-order valence-electron chi connectivity index (χ1n) is 7.13. The summed E-state index contributed by atoms with van der Waals surface area (Å²) in [6.45, 7) is 2.24. The number of nitrogens with zero attached hydrogens (tertiary/aromatic N) is 1. The lowest BCUT2D eigenvalue weighted by Crippen LogP contribution is -1.93.